The monoisotopic (exact) mass is 283 g/mol. The molecule has 108 valence electrons. The maximum atomic E-state index is 12.5. The molecule has 1 heterocycles. The van der Waals surface area contributed by atoms with Crippen LogP contribution in [0.2, 0.25) is 0 Å². The van der Waals surface area contributed by atoms with Crippen LogP contribution in [0.3, 0.4) is 0 Å². The SMILES string of the molecule is Cc1ccc(NC(=O)C2CCOc3ccccc32)cc1O. The average molecular weight is 283 g/mol. The molecule has 0 radical (unpaired) electrons. The molecule has 1 amide bonds. The van der Waals surface area contributed by atoms with Crippen LogP contribution in [0.5, 0.6) is 11.5 Å². The Labute approximate surface area is 123 Å². The number of ether oxygens (including phenoxy) is 1. The van der Waals surface area contributed by atoms with Gasteiger partial charge < -0.3 is 15.2 Å². The van der Waals surface area contributed by atoms with Gasteiger partial charge in [-0.1, -0.05) is 24.3 Å². The van der Waals surface area contributed by atoms with E-state index in [1.807, 2.05) is 31.2 Å². The molecule has 0 spiro atoms. The van der Waals surface area contributed by atoms with E-state index in [0.29, 0.717) is 18.7 Å². The van der Waals surface area contributed by atoms with Crippen LogP contribution in [0.1, 0.15) is 23.5 Å². The van der Waals surface area contributed by atoms with Gasteiger partial charge in [0.25, 0.3) is 0 Å². The molecule has 0 saturated heterocycles. The lowest BCUT2D eigenvalue weighted by Crippen LogP contribution is -2.26. The van der Waals surface area contributed by atoms with Gasteiger partial charge >= 0.3 is 0 Å². The first kappa shape index (κ1) is 13.5. The lowest BCUT2D eigenvalue weighted by Gasteiger charge is -2.25. The first-order valence-electron chi connectivity index (χ1n) is 6.97. The number of nitrogens with one attached hydrogen (secondary N) is 1. The Hall–Kier alpha value is -2.49. The highest BCUT2D eigenvalue weighted by molar-refractivity contribution is 5.96. The number of rotatable bonds is 2. The second kappa shape index (κ2) is 5.48. The highest BCUT2D eigenvalue weighted by atomic mass is 16.5. The minimum Gasteiger partial charge on any atom is -0.508 e. The van der Waals surface area contributed by atoms with E-state index in [2.05, 4.69) is 5.32 Å². The minimum absolute atomic E-state index is 0.0750. The van der Waals surface area contributed by atoms with Crippen LogP contribution < -0.4 is 10.1 Å². The number of hydrogen-bond donors (Lipinski definition) is 2. The second-order valence-corrected chi connectivity index (χ2v) is 5.22. The van der Waals surface area contributed by atoms with Crippen LogP contribution in [0.25, 0.3) is 0 Å². The zero-order chi connectivity index (χ0) is 14.8. The first-order chi connectivity index (χ1) is 10.1. The number of hydrogen-bond acceptors (Lipinski definition) is 3. The van der Waals surface area contributed by atoms with Crippen molar-refractivity contribution in [2.45, 2.75) is 19.3 Å². The fourth-order valence-corrected chi connectivity index (χ4v) is 2.53. The standard InChI is InChI=1S/C17H17NO3/c1-11-6-7-12(10-15(11)19)18-17(20)14-8-9-21-16-5-3-2-4-13(14)16/h2-7,10,14,19H,8-9H2,1H3,(H,18,20). The summed E-state index contributed by atoms with van der Waals surface area (Å²) in [6, 6.07) is 12.7. The highest BCUT2D eigenvalue weighted by Crippen LogP contribution is 2.34. The van der Waals surface area contributed by atoms with Crippen molar-refractivity contribution in [3.8, 4) is 11.5 Å². The number of amides is 1. The van der Waals surface area contributed by atoms with Gasteiger partial charge in [-0.15, -0.1) is 0 Å². The van der Waals surface area contributed by atoms with E-state index in [-0.39, 0.29) is 17.6 Å². The van der Waals surface area contributed by atoms with Crippen LogP contribution in [0.4, 0.5) is 5.69 Å². The normalized spacial score (nSPS) is 16.7. The maximum Gasteiger partial charge on any atom is 0.232 e. The third-order valence-electron chi connectivity index (χ3n) is 3.75. The summed E-state index contributed by atoms with van der Waals surface area (Å²) in [4.78, 5) is 12.5. The van der Waals surface area contributed by atoms with Crippen molar-refractivity contribution in [2.75, 3.05) is 11.9 Å². The van der Waals surface area contributed by atoms with Crippen molar-refractivity contribution in [1.82, 2.24) is 0 Å². The minimum atomic E-state index is -0.224. The summed E-state index contributed by atoms with van der Waals surface area (Å²) < 4.78 is 5.57. The maximum absolute atomic E-state index is 12.5. The Balaban J connectivity index is 1.81. The Morgan fingerprint density at radius 3 is 2.90 bits per heavy atom. The fraction of sp³-hybridized carbons (Fsp3) is 0.235. The number of anilines is 1. The molecule has 0 aliphatic carbocycles. The number of benzene rings is 2. The van der Waals surface area contributed by atoms with E-state index >= 15 is 0 Å². The molecule has 1 unspecified atom stereocenters. The number of carbonyl (C=O) groups is 1. The van der Waals surface area contributed by atoms with Gasteiger partial charge in [0.1, 0.15) is 11.5 Å². The molecule has 2 N–H and O–H groups in total. The first-order valence-corrected chi connectivity index (χ1v) is 6.97. The summed E-state index contributed by atoms with van der Waals surface area (Å²) in [5, 5.41) is 12.6. The Morgan fingerprint density at radius 1 is 1.29 bits per heavy atom. The molecule has 0 aromatic heterocycles. The van der Waals surface area contributed by atoms with Crippen molar-refractivity contribution < 1.29 is 14.6 Å². The van der Waals surface area contributed by atoms with Crippen LogP contribution >= 0.6 is 0 Å². The molecular weight excluding hydrogens is 266 g/mol. The molecule has 21 heavy (non-hydrogen) atoms. The van der Waals surface area contributed by atoms with Crippen molar-refractivity contribution >= 4 is 11.6 Å². The predicted octanol–water partition coefficient (Wildman–Crippen LogP) is 3.21. The fourth-order valence-electron chi connectivity index (χ4n) is 2.53. The molecule has 0 fully saturated rings. The van der Waals surface area contributed by atoms with E-state index in [9.17, 15) is 9.90 Å². The number of phenols is 1. The molecule has 0 bridgehead atoms. The number of fused-ring (bicyclic) bond motifs is 1. The summed E-state index contributed by atoms with van der Waals surface area (Å²) in [5.41, 5.74) is 2.30. The number of para-hydroxylation sites is 1. The van der Waals surface area contributed by atoms with Crippen LogP contribution in [0.15, 0.2) is 42.5 Å². The molecule has 1 aliphatic heterocycles. The number of phenolic OH excluding ortho intramolecular Hbond substituents is 1. The summed E-state index contributed by atoms with van der Waals surface area (Å²) >= 11 is 0. The lowest BCUT2D eigenvalue weighted by atomic mass is 9.92. The van der Waals surface area contributed by atoms with Gasteiger partial charge in [-0.05, 0) is 31.0 Å². The summed E-state index contributed by atoms with van der Waals surface area (Å²) in [7, 11) is 0. The van der Waals surface area contributed by atoms with E-state index in [1.54, 1.807) is 18.2 Å². The lowest BCUT2D eigenvalue weighted by molar-refractivity contribution is -0.118. The quantitative estimate of drug-likeness (QED) is 0.889. The van der Waals surface area contributed by atoms with Gasteiger partial charge in [-0.2, -0.15) is 0 Å². The zero-order valence-electron chi connectivity index (χ0n) is 11.8. The number of aryl methyl sites for hydroxylation is 1. The average Bonchev–Trinajstić information content (AvgIpc) is 2.50. The largest absolute Gasteiger partial charge is 0.508 e. The van der Waals surface area contributed by atoms with Gasteiger partial charge in [0.15, 0.2) is 0 Å². The zero-order valence-corrected chi connectivity index (χ0v) is 11.8. The molecule has 3 rings (SSSR count). The predicted molar refractivity (Wildman–Crippen MR) is 80.8 cm³/mol. The van der Waals surface area contributed by atoms with Gasteiger partial charge in [0.05, 0.1) is 12.5 Å². The van der Waals surface area contributed by atoms with Crippen LogP contribution in [0, 0.1) is 6.92 Å². The molecule has 2 aromatic rings. The third-order valence-corrected chi connectivity index (χ3v) is 3.75. The number of carbonyl (C=O) groups excluding carboxylic acids is 1. The van der Waals surface area contributed by atoms with Crippen molar-refractivity contribution in [2.24, 2.45) is 0 Å². The van der Waals surface area contributed by atoms with E-state index in [1.165, 1.54) is 0 Å². The van der Waals surface area contributed by atoms with E-state index in [4.69, 9.17) is 4.74 Å². The smallest absolute Gasteiger partial charge is 0.232 e. The Bertz CT molecular complexity index is 681. The number of aromatic hydroxyl groups is 1. The van der Waals surface area contributed by atoms with Gasteiger partial charge in [-0.25, -0.2) is 0 Å². The molecule has 0 saturated carbocycles. The van der Waals surface area contributed by atoms with Crippen molar-refractivity contribution in [3.05, 3.63) is 53.6 Å². The van der Waals surface area contributed by atoms with Gasteiger partial charge in [0, 0.05) is 17.3 Å². The van der Waals surface area contributed by atoms with Gasteiger partial charge in [-0.3, -0.25) is 4.79 Å². The second-order valence-electron chi connectivity index (χ2n) is 5.22. The summed E-state index contributed by atoms with van der Waals surface area (Å²) in [6.45, 7) is 2.35. The Morgan fingerprint density at radius 2 is 2.10 bits per heavy atom. The van der Waals surface area contributed by atoms with E-state index in [0.717, 1.165) is 16.9 Å². The summed E-state index contributed by atoms with van der Waals surface area (Å²) in [6.07, 6.45) is 0.653. The van der Waals surface area contributed by atoms with Crippen LogP contribution in [-0.4, -0.2) is 17.6 Å². The molecule has 1 aliphatic rings. The van der Waals surface area contributed by atoms with Gasteiger partial charge in [0.2, 0.25) is 5.91 Å². The molecule has 1 atom stereocenters. The topological polar surface area (TPSA) is 58.6 Å². The van der Waals surface area contributed by atoms with Crippen LogP contribution in [-0.2, 0) is 4.79 Å². The molecule has 4 nitrogen and oxygen atoms in total. The van der Waals surface area contributed by atoms with Crippen molar-refractivity contribution in [3.63, 3.8) is 0 Å². The molecular formula is C17H17NO3. The third kappa shape index (κ3) is 2.70. The molecule has 4 heteroatoms. The highest BCUT2D eigenvalue weighted by Gasteiger charge is 2.27. The van der Waals surface area contributed by atoms with Crippen molar-refractivity contribution in [1.29, 1.82) is 0 Å². The molecule has 2 aromatic carbocycles. The Kier molecular flexibility index (Phi) is 3.52. The summed E-state index contributed by atoms with van der Waals surface area (Å²) in [5.74, 6) is 0.656. The van der Waals surface area contributed by atoms with E-state index < -0.39 is 0 Å².